The minimum absolute atomic E-state index is 0. The van der Waals surface area contributed by atoms with E-state index in [1.54, 1.807) is 12.1 Å². The van der Waals surface area contributed by atoms with Gasteiger partial charge in [-0.05, 0) is 49.4 Å². The van der Waals surface area contributed by atoms with Crippen LogP contribution < -0.4 is 15.8 Å². The van der Waals surface area contributed by atoms with E-state index in [0.717, 1.165) is 31.2 Å². The lowest BCUT2D eigenvalue weighted by Gasteiger charge is -2.36. The molecule has 1 amide bonds. The Morgan fingerprint density at radius 2 is 2.04 bits per heavy atom. The third-order valence-electron chi connectivity index (χ3n) is 4.94. The van der Waals surface area contributed by atoms with Crippen molar-refractivity contribution in [2.75, 3.05) is 13.7 Å². The molecule has 0 aromatic heterocycles. The molecule has 2 rings (SSSR count). The summed E-state index contributed by atoms with van der Waals surface area (Å²) in [4.78, 5) is 12.4. The lowest BCUT2D eigenvalue weighted by molar-refractivity contribution is -0.124. The third kappa shape index (κ3) is 5.08. The second-order valence-corrected chi connectivity index (χ2v) is 6.62. The number of carbonyl (C=O) groups is 1. The SMILES string of the molecule is COc1ccc(C(C)NC(=O)CC2(CN)CCCCC2)cc1F.Cl. The van der Waals surface area contributed by atoms with Gasteiger partial charge in [-0.3, -0.25) is 4.79 Å². The predicted octanol–water partition coefficient (Wildman–Crippen LogP) is 3.73. The zero-order chi connectivity index (χ0) is 16.9. The van der Waals surface area contributed by atoms with E-state index in [0.29, 0.717) is 13.0 Å². The van der Waals surface area contributed by atoms with Crippen molar-refractivity contribution in [3.8, 4) is 5.75 Å². The number of hydrogen-bond donors (Lipinski definition) is 2. The number of nitrogens with one attached hydrogen (secondary N) is 1. The fourth-order valence-corrected chi connectivity index (χ4v) is 3.42. The average molecular weight is 359 g/mol. The van der Waals surface area contributed by atoms with Crippen LogP contribution in [0.15, 0.2) is 18.2 Å². The molecule has 1 aromatic rings. The lowest BCUT2D eigenvalue weighted by Crippen LogP contribution is -2.39. The van der Waals surface area contributed by atoms with E-state index in [9.17, 15) is 9.18 Å². The number of nitrogens with two attached hydrogens (primary N) is 1. The molecule has 6 heteroatoms. The maximum Gasteiger partial charge on any atom is 0.221 e. The molecule has 1 aliphatic carbocycles. The van der Waals surface area contributed by atoms with Crippen LogP contribution in [0.5, 0.6) is 5.75 Å². The Balaban J connectivity index is 0.00000288. The van der Waals surface area contributed by atoms with Gasteiger partial charge in [0.1, 0.15) is 0 Å². The summed E-state index contributed by atoms with van der Waals surface area (Å²) < 4.78 is 18.7. The van der Waals surface area contributed by atoms with Crippen molar-refractivity contribution in [3.05, 3.63) is 29.6 Å². The molecule has 4 nitrogen and oxygen atoms in total. The van der Waals surface area contributed by atoms with E-state index >= 15 is 0 Å². The summed E-state index contributed by atoms with van der Waals surface area (Å²) in [6.07, 6.45) is 6.00. The Hall–Kier alpha value is -1.33. The van der Waals surface area contributed by atoms with Crippen LogP contribution in [0.1, 0.15) is 57.1 Å². The highest BCUT2D eigenvalue weighted by atomic mass is 35.5. The predicted molar refractivity (Wildman–Crippen MR) is 95.9 cm³/mol. The van der Waals surface area contributed by atoms with Gasteiger partial charge in [0.2, 0.25) is 5.91 Å². The number of hydrogen-bond acceptors (Lipinski definition) is 3. The summed E-state index contributed by atoms with van der Waals surface area (Å²) in [6, 6.07) is 4.51. The molecule has 24 heavy (non-hydrogen) atoms. The van der Waals surface area contributed by atoms with Crippen LogP contribution >= 0.6 is 12.4 Å². The van der Waals surface area contributed by atoms with Crippen LogP contribution in [-0.2, 0) is 4.79 Å². The second-order valence-electron chi connectivity index (χ2n) is 6.62. The van der Waals surface area contributed by atoms with Gasteiger partial charge in [0.15, 0.2) is 11.6 Å². The van der Waals surface area contributed by atoms with Crippen LogP contribution in [0.4, 0.5) is 4.39 Å². The van der Waals surface area contributed by atoms with Gasteiger partial charge in [-0.15, -0.1) is 12.4 Å². The van der Waals surface area contributed by atoms with Crippen LogP contribution in [-0.4, -0.2) is 19.6 Å². The number of amides is 1. The van der Waals surface area contributed by atoms with E-state index in [1.807, 2.05) is 6.92 Å². The molecule has 3 N–H and O–H groups in total. The van der Waals surface area contributed by atoms with Crippen molar-refractivity contribution in [1.29, 1.82) is 0 Å². The zero-order valence-corrected chi connectivity index (χ0v) is 15.3. The summed E-state index contributed by atoms with van der Waals surface area (Å²) in [5.74, 6) is -0.227. The first kappa shape index (κ1) is 20.7. The molecule has 1 fully saturated rings. The number of carbonyl (C=O) groups excluding carboxylic acids is 1. The highest BCUT2D eigenvalue weighted by molar-refractivity contribution is 5.85. The molecule has 0 radical (unpaired) electrons. The van der Waals surface area contributed by atoms with E-state index < -0.39 is 5.82 Å². The summed E-state index contributed by atoms with van der Waals surface area (Å²) in [7, 11) is 1.43. The molecule has 1 aliphatic rings. The van der Waals surface area contributed by atoms with Gasteiger partial charge in [0.25, 0.3) is 0 Å². The topological polar surface area (TPSA) is 64.3 Å². The van der Waals surface area contributed by atoms with Crippen LogP contribution in [0.2, 0.25) is 0 Å². The summed E-state index contributed by atoms with van der Waals surface area (Å²) in [5, 5.41) is 2.97. The second kappa shape index (κ2) is 9.23. The van der Waals surface area contributed by atoms with Gasteiger partial charge in [0.05, 0.1) is 13.2 Å². The average Bonchev–Trinajstić information content (AvgIpc) is 2.55. The van der Waals surface area contributed by atoms with Crippen LogP contribution in [0.3, 0.4) is 0 Å². The molecule has 1 unspecified atom stereocenters. The highest BCUT2D eigenvalue weighted by Gasteiger charge is 2.33. The van der Waals surface area contributed by atoms with Gasteiger partial charge in [0, 0.05) is 6.42 Å². The first-order valence-electron chi connectivity index (χ1n) is 8.32. The standard InChI is InChI=1S/C18H27FN2O2.ClH/c1-13(14-6-7-16(23-2)15(19)10-14)21-17(22)11-18(12-20)8-4-3-5-9-18;/h6-7,10,13H,3-5,8-9,11-12,20H2,1-2H3,(H,21,22);1H. The molecular formula is C18H28ClFN2O2. The molecule has 0 heterocycles. The highest BCUT2D eigenvalue weighted by Crippen LogP contribution is 2.38. The Morgan fingerprint density at radius 3 is 2.58 bits per heavy atom. The van der Waals surface area contributed by atoms with Crippen molar-refractivity contribution in [2.45, 2.75) is 51.5 Å². The van der Waals surface area contributed by atoms with Gasteiger partial charge in [-0.1, -0.05) is 25.3 Å². The molecule has 1 saturated carbocycles. The molecular weight excluding hydrogens is 331 g/mol. The monoisotopic (exact) mass is 358 g/mol. The van der Waals surface area contributed by atoms with E-state index in [2.05, 4.69) is 5.32 Å². The van der Waals surface area contributed by atoms with Gasteiger partial charge < -0.3 is 15.8 Å². The first-order valence-corrected chi connectivity index (χ1v) is 8.32. The quantitative estimate of drug-likeness (QED) is 0.814. The number of rotatable bonds is 6. The fourth-order valence-electron chi connectivity index (χ4n) is 3.42. The zero-order valence-electron chi connectivity index (χ0n) is 14.4. The lowest BCUT2D eigenvalue weighted by atomic mass is 9.71. The maximum absolute atomic E-state index is 13.8. The van der Waals surface area contributed by atoms with Crippen molar-refractivity contribution < 1.29 is 13.9 Å². The van der Waals surface area contributed by atoms with Gasteiger partial charge in [-0.25, -0.2) is 4.39 Å². The Morgan fingerprint density at radius 1 is 1.38 bits per heavy atom. The van der Waals surface area contributed by atoms with Crippen molar-refractivity contribution >= 4 is 18.3 Å². The smallest absolute Gasteiger partial charge is 0.221 e. The summed E-state index contributed by atoms with van der Waals surface area (Å²) in [5.41, 5.74) is 6.60. The number of benzene rings is 1. The van der Waals surface area contributed by atoms with Gasteiger partial charge in [-0.2, -0.15) is 0 Å². The Labute approximate surface area is 149 Å². The van der Waals surface area contributed by atoms with Crippen molar-refractivity contribution in [3.63, 3.8) is 0 Å². The minimum atomic E-state index is -0.420. The van der Waals surface area contributed by atoms with E-state index in [4.69, 9.17) is 10.5 Å². The molecule has 1 atom stereocenters. The largest absolute Gasteiger partial charge is 0.494 e. The number of methoxy groups -OCH3 is 1. The molecule has 0 spiro atoms. The molecule has 0 saturated heterocycles. The normalized spacial score (nSPS) is 17.5. The third-order valence-corrected chi connectivity index (χ3v) is 4.94. The molecule has 136 valence electrons. The van der Waals surface area contributed by atoms with Crippen LogP contribution in [0.25, 0.3) is 0 Å². The van der Waals surface area contributed by atoms with Gasteiger partial charge >= 0.3 is 0 Å². The van der Waals surface area contributed by atoms with Crippen molar-refractivity contribution in [2.24, 2.45) is 11.1 Å². The Kier molecular flexibility index (Phi) is 7.97. The first-order chi connectivity index (χ1) is 11.0. The van der Waals surface area contributed by atoms with E-state index in [-0.39, 0.29) is 35.5 Å². The summed E-state index contributed by atoms with van der Waals surface area (Å²) in [6.45, 7) is 2.40. The molecule has 0 bridgehead atoms. The Bertz CT molecular complexity index is 548. The maximum atomic E-state index is 13.8. The number of halogens is 2. The van der Waals surface area contributed by atoms with E-state index in [1.165, 1.54) is 19.6 Å². The fraction of sp³-hybridized carbons (Fsp3) is 0.611. The molecule has 0 aliphatic heterocycles. The summed E-state index contributed by atoms with van der Waals surface area (Å²) >= 11 is 0. The number of ether oxygens (including phenoxy) is 1. The molecule has 1 aromatic carbocycles. The minimum Gasteiger partial charge on any atom is -0.494 e. The van der Waals surface area contributed by atoms with Crippen molar-refractivity contribution in [1.82, 2.24) is 5.32 Å². The van der Waals surface area contributed by atoms with Crippen LogP contribution in [0, 0.1) is 11.2 Å².